The minimum absolute atomic E-state index is 0.330. The molecular formula is C25H29N5O. The van der Waals surface area contributed by atoms with Gasteiger partial charge in [0, 0.05) is 44.5 Å². The fourth-order valence-electron chi connectivity index (χ4n) is 3.94. The van der Waals surface area contributed by atoms with Crippen LogP contribution in [0.2, 0.25) is 0 Å². The van der Waals surface area contributed by atoms with Crippen molar-refractivity contribution in [1.82, 2.24) is 15.6 Å². The van der Waals surface area contributed by atoms with Gasteiger partial charge in [-0.25, -0.2) is 0 Å². The van der Waals surface area contributed by atoms with Gasteiger partial charge in [-0.3, -0.25) is 9.98 Å². The molecule has 3 aromatic rings. The fourth-order valence-corrected chi connectivity index (χ4v) is 3.94. The average Bonchev–Trinajstić information content (AvgIpc) is 3.31. The van der Waals surface area contributed by atoms with Crippen molar-refractivity contribution >= 4 is 11.6 Å². The number of hydrogen-bond acceptors (Lipinski definition) is 4. The second-order valence-corrected chi connectivity index (χ2v) is 7.59. The molecule has 2 N–H and O–H groups in total. The van der Waals surface area contributed by atoms with Crippen molar-refractivity contribution in [2.24, 2.45) is 4.99 Å². The Morgan fingerprint density at radius 2 is 2.00 bits per heavy atom. The number of methoxy groups -OCH3 is 1. The number of benzene rings is 2. The van der Waals surface area contributed by atoms with Gasteiger partial charge in [0.05, 0.1) is 18.5 Å². The van der Waals surface area contributed by atoms with Crippen LogP contribution in [0.15, 0.2) is 77.9 Å². The molecule has 1 fully saturated rings. The Morgan fingerprint density at radius 3 is 2.81 bits per heavy atom. The van der Waals surface area contributed by atoms with Crippen molar-refractivity contribution in [1.29, 1.82) is 0 Å². The molecule has 4 rings (SSSR count). The third-order valence-electron chi connectivity index (χ3n) is 5.53. The van der Waals surface area contributed by atoms with E-state index in [1.165, 1.54) is 5.56 Å². The molecule has 160 valence electrons. The van der Waals surface area contributed by atoms with Gasteiger partial charge in [0.25, 0.3) is 0 Å². The molecule has 1 aliphatic heterocycles. The van der Waals surface area contributed by atoms with Crippen molar-refractivity contribution in [3.05, 3.63) is 78.5 Å². The Hall–Kier alpha value is -3.54. The summed E-state index contributed by atoms with van der Waals surface area (Å²) in [6.45, 7) is 2.60. The zero-order valence-electron chi connectivity index (χ0n) is 18.1. The first-order chi connectivity index (χ1) is 15.3. The maximum absolute atomic E-state index is 5.52. The quantitative estimate of drug-likeness (QED) is 0.475. The number of nitrogens with zero attached hydrogens (tertiary/aromatic N) is 3. The Labute approximate surface area is 184 Å². The van der Waals surface area contributed by atoms with Gasteiger partial charge in [0.15, 0.2) is 5.96 Å². The Morgan fingerprint density at radius 1 is 1.13 bits per heavy atom. The summed E-state index contributed by atoms with van der Waals surface area (Å²) in [5, 5.41) is 7.01. The van der Waals surface area contributed by atoms with Crippen LogP contribution < -0.4 is 20.3 Å². The summed E-state index contributed by atoms with van der Waals surface area (Å²) >= 11 is 0. The number of aliphatic imine (C=N–C) groups is 1. The Balaban J connectivity index is 1.34. The molecule has 0 radical (unpaired) electrons. The molecule has 1 atom stereocenters. The molecule has 0 bridgehead atoms. The van der Waals surface area contributed by atoms with Crippen LogP contribution in [0.25, 0.3) is 11.3 Å². The maximum Gasteiger partial charge on any atom is 0.191 e. The molecule has 31 heavy (non-hydrogen) atoms. The van der Waals surface area contributed by atoms with E-state index >= 15 is 0 Å². The van der Waals surface area contributed by atoms with Gasteiger partial charge in [-0.15, -0.1) is 0 Å². The third-order valence-corrected chi connectivity index (χ3v) is 5.53. The summed E-state index contributed by atoms with van der Waals surface area (Å²) in [4.78, 5) is 11.2. The van der Waals surface area contributed by atoms with Gasteiger partial charge >= 0.3 is 0 Å². The number of para-hydroxylation sites is 2. The number of nitrogens with one attached hydrogen (secondary N) is 2. The highest BCUT2D eigenvalue weighted by molar-refractivity contribution is 5.80. The number of pyridine rings is 1. The van der Waals surface area contributed by atoms with Gasteiger partial charge in [-0.05, 0) is 42.3 Å². The van der Waals surface area contributed by atoms with E-state index in [0.717, 1.165) is 48.2 Å². The molecule has 0 amide bonds. The number of aromatic nitrogens is 1. The van der Waals surface area contributed by atoms with E-state index in [4.69, 9.17) is 4.74 Å². The minimum atomic E-state index is 0.330. The minimum Gasteiger partial charge on any atom is -0.495 e. The predicted molar refractivity (Wildman–Crippen MR) is 127 cm³/mol. The van der Waals surface area contributed by atoms with Crippen molar-refractivity contribution in [3.8, 4) is 17.0 Å². The first kappa shape index (κ1) is 20.7. The lowest BCUT2D eigenvalue weighted by Gasteiger charge is -2.22. The molecule has 0 spiro atoms. The van der Waals surface area contributed by atoms with Crippen LogP contribution in [0, 0.1) is 0 Å². The van der Waals surface area contributed by atoms with Gasteiger partial charge in [-0.1, -0.05) is 36.4 Å². The summed E-state index contributed by atoms with van der Waals surface area (Å²) < 4.78 is 5.52. The molecular weight excluding hydrogens is 386 g/mol. The second-order valence-electron chi connectivity index (χ2n) is 7.59. The lowest BCUT2D eigenvalue weighted by Crippen LogP contribution is -2.44. The largest absolute Gasteiger partial charge is 0.495 e. The molecule has 1 aliphatic rings. The summed E-state index contributed by atoms with van der Waals surface area (Å²) in [7, 11) is 3.53. The first-order valence-electron chi connectivity index (χ1n) is 10.6. The average molecular weight is 416 g/mol. The molecule has 6 nitrogen and oxygen atoms in total. The van der Waals surface area contributed by atoms with Crippen LogP contribution in [0.3, 0.4) is 0 Å². The Bertz CT molecular complexity index is 1020. The molecule has 2 aromatic carbocycles. The first-order valence-corrected chi connectivity index (χ1v) is 10.6. The van der Waals surface area contributed by atoms with Gasteiger partial charge < -0.3 is 20.3 Å². The molecule has 1 saturated heterocycles. The highest BCUT2D eigenvalue weighted by Gasteiger charge is 2.25. The van der Waals surface area contributed by atoms with Crippen molar-refractivity contribution < 1.29 is 4.74 Å². The van der Waals surface area contributed by atoms with Crippen LogP contribution in [0.1, 0.15) is 12.0 Å². The smallest absolute Gasteiger partial charge is 0.191 e. The second kappa shape index (κ2) is 9.98. The van der Waals surface area contributed by atoms with Crippen molar-refractivity contribution in [3.63, 3.8) is 0 Å². The van der Waals surface area contributed by atoms with E-state index in [0.29, 0.717) is 12.6 Å². The van der Waals surface area contributed by atoms with E-state index in [2.05, 4.69) is 61.9 Å². The molecule has 2 heterocycles. The number of hydrogen-bond donors (Lipinski definition) is 2. The SMILES string of the molecule is CN=C(NCc1cccc(-c2ccccn2)c1)NC1CCN(c2ccccc2OC)C1. The lowest BCUT2D eigenvalue weighted by molar-refractivity contribution is 0.415. The summed E-state index contributed by atoms with van der Waals surface area (Å²) in [6, 6.07) is 22.9. The van der Waals surface area contributed by atoms with Gasteiger partial charge in [0.1, 0.15) is 5.75 Å². The molecule has 1 aromatic heterocycles. The third kappa shape index (κ3) is 5.15. The summed E-state index contributed by atoms with van der Waals surface area (Å²) in [5.41, 5.74) is 4.43. The highest BCUT2D eigenvalue weighted by atomic mass is 16.5. The van der Waals surface area contributed by atoms with Gasteiger partial charge in [-0.2, -0.15) is 0 Å². The van der Waals surface area contributed by atoms with E-state index < -0.39 is 0 Å². The topological polar surface area (TPSA) is 61.8 Å². The Kier molecular flexibility index (Phi) is 6.67. The number of rotatable bonds is 6. The zero-order chi connectivity index (χ0) is 21.5. The standard InChI is InChI=1S/C25H29N5O/c1-26-25(28-17-19-8-7-9-20(16-19)22-10-5-6-14-27-22)29-21-13-15-30(18-21)23-11-3-4-12-24(23)31-2/h3-12,14,16,21H,13,15,17-18H2,1-2H3,(H2,26,28,29). The zero-order valence-corrected chi connectivity index (χ0v) is 18.1. The van der Waals surface area contributed by atoms with E-state index in [9.17, 15) is 0 Å². The lowest BCUT2D eigenvalue weighted by atomic mass is 10.1. The molecule has 1 unspecified atom stereocenters. The molecule has 6 heteroatoms. The number of ether oxygens (including phenoxy) is 1. The summed E-state index contributed by atoms with van der Waals surface area (Å²) in [5.74, 6) is 1.73. The predicted octanol–water partition coefficient (Wildman–Crippen LogP) is 3.70. The monoisotopic (exact) mass is 415 g/mol. The highest BCUT2D eigenvalue weighted by Crippen LogP contribution is 2.30. The van der Waals surface area contributed by atoms with Crippen LogP contribution in [-0.2, 0) is 6.54 Å². The normalized spacial score (nSPS) is 16.3. The van der Waals surface area contributed by atoms with E-state index in [-0.39, 0.29) is 0 Å². The number of guanidine groups is 1. The van der Waals surface area contributed by atoms with Gasteiger partial charge in [0.2, 0.25) is 0 Å². The van der Waals surface area contributed by atoms with Crippen molar-refractivity contribution in [2.45, 2.75) is 19.0 Å². The molecule has 0 saturated carbocycles. The fraction of sp³-hybridized carbons (Fsp3) is 0.280. The van der Waals surface area contributed by atoms with Crippen LogP contribution in [0.5, 0.6) is 5.75 Å². The van der Waals surface area contributed by atoms with Crippen LogP contribution >= 0.6 is 0 Å². The van der Waals surface area contributed by atoms with E-state index in [1.807, 2.05) is 43.6 Å². The summed E-state index contributed by atoms with van der Waals surface area (Å²) in [6.07, 6.45) is 2.87. The van der Waals surface area contributed by atoms with Crippen LogP contribution in [0.4, 0.5) is 5.69 Å². The number of anilines is 1. The van der Waals surface area contributed by atoms with Crippen LogP contribution in [-0.4, -0.2) is 44.2 Å². The van der Waals surface area contributed by atoms with E-state index in [1.54, 1.807) is 7.11 Å². The molecule has 0 aliphatic carbocycles. The van der Waals surface area contributed by atoms with Crippen molar-refractivity contribution in [2.75, 3.05) is 32.1 Å². The maximum atomic E-state index is 5.52.